The Morgan fingerprint density at radius 3 is 2.10 bits per heavy atom. The van der Waals surface area contributed by atoms with Crippen molar-refractivity contribution in [3.05, 3.63) is 45.2 Å². The second-order valence-electron chi connectivity index (χ2n) is 16.8. The van der Waals surface area contributed by atoms with E-state index >= 15 is 0 Å². The number of hydrogen-bond donors (Lipinski definition) is 4. The van der Waals surface area contributed by atoms with E-state index in [2.05, 4.69) is 0 Å². The van der Waals surface area contributed by atoms with Crippen molar-refractivity contribution in [1.29, 1.82) is 0 Å². The second-order valence-corrected chi connectivity index (χ2v) is 16.8. The van der Waals surface area contributed by atoms with E-state index in [9.17, 15) is 44.4 Å². The first-order valence-corrected chi connectivity index (χ1v) is 17.5. The number of fused-ring (bicyclic) bond motifs is 3. The lowest BCUT2D eigenvalue weighted by Gasteiger charge is -2.60. The molecule has 3 aliphatic rings. The van der Waals surface area contributed by atoms with Gasteiger partial charge in [-0.1, -0.05) is 62.3 Å². The van der Waals surface area contributed by atoms with Crippen LogP contribution in [-0.4, -0.2) is 80.1 Å². The number of carbonyl (C=O) groups is 5. The zero-order chi connectivity index (χ0) is 38.8. The van der Waals surface area contributed by atoms with Crippen LogP contribution in [0.3, 0.4) is 0 Å². The van der Waals surface area contributed by atoms with Crippen LogP contribution in [0.2, 0.25) is 0 Å². The molecule has 0 heterocycles. The summed E-state index contributed by atoms with van der Waals surface area (Å²) in [6.45, 7) is 18.6. The highest BCUT2D eigenvalue weighted by molar-refractivity contribution is 6.24. The summed E-state index contributed by atoms with van der Waals surface area (Å²) in [7, 11) is 0. The van der Waals surface area contributed by atoms with Crippen molar-refractivity contribution < 1.29 is 53.9 Å². The number of Topliss-reactive ketones (excluding diaryl/α,β-unsaturated/α-hetero) is 3. The van der Waals surface area contributed by atoms with E-state index in [1.807, 2.05) is 34.6 Å². The van der Waals surface area contributed by atoms with Crippen LogP contribution in [0, 0.1) is 28.1 Å². The van der Waals surface area contributed by atoms with Crippen LogP contribution in [0.15, 0.2) is 23.0 Å². The Kier molecular flexibility index (Phi) is 10.4. The van der Waals surface area contributed by atoms with Crippen molar-refractivity contribution in [2.45, 2.75) is 107 Å². The molecule has 4 N–H and O–H groups in total. The molecule has 0 saturated heterocycles. The molecule has 4 rings (SSSR count). The van der Waals surface area contributed by atoms with Crippen LogP contribution >= 0.6 is 0 Å². The summed E-state index contributed by atoms with van der Waals surface area (Å²) < 4.78 is 10.3. The molecular weight excluding hydrogens is 658 g/mol. The van der Waals surface area contributed by atoms with Crippen molar-refractivity contribution in [3.8, 4) is 5.75 Å². The molecule has 12 nitrogen and oxygen atoms in total. The van der Waals surface area contributed by atoms with Gasteiger partial charge in [0.2, 0.25) is 5.78 Å². The summed E-state index contributed by atoms with van der Waals surface area (Å²) in [6.07, 6.45) is -0.578. The minimum absolute atomic E-state index is 0.0104. The first kappa shape index (κ1) is 39.6. The molecule has 12 heteroatoms. The largest absolute Gasteiger partial charge is 0.508 e. The molecular formula is C39H53NO11. The molecule has 1 fully saturated rings. The molecule has 0 spiro atoms. The molecule has 51 heavy (non-hydrogen) atoms. The van der Waals surface area contributed by atoms with E-state index in [0.29, 0.717) is 5.56 Å². The van der Waals surface area contributed by atoms with Gasteiger partial charge < -0.3 is 34.8 Å². The minimum atomic E-state index is -2.72. The summed E-state index contributed by atoms with van der Waals surface area (Å²) in [4.78, 5) is 67.1. The minimum Gasteiger partial charge on any atom is -0.508 e. The zero-order valence-electron chi connectivity index (χ0n) is 31.6. The molecule has 0 aliphatic heterocycles. The third kappa shape index (κ3) is 6.56. The Hall–Kier alpha value is -4.19. The molecule has 0 aromatic heterocycles. The Bertz CT molecular complexity index is 1750. The maximum atomic E-state index is 14.7. The number of ether oxygens (including phenoxy) is 2. The summed E-state index contributed by atoms with van der Waals surface area (Å²) in [6, 6.07) is 1.78. The number of phenolic OH excluding ortho intramolecular Hbond substituents is 1. The topological polar surface area (TPSA) is 188 Å². The number of aromatic hydroxyl groups is 1. The number of rotatable bonds is 9. The predicted octanol–water partition coefficient (Wildman–Crippen LogP) is 5.86. The second kappa shape index (κ2) is 13.4. The average Bonchev–Trinajstić information content (AvgIpc) is 2.96. The van der Waals surface area contributed by atoms with Crippen molar-refractivity contribution in [3.63, 3.8) is 0 Å². The molecule has 1 aromatic carbocycles. The first-order valence-electron chi connectivity index (χ1n) is 17.5. The third-order valence-electron chi connectivity index (χ3n) is 10.6. The van der Waals surface area contributed by atoms with Gasteiger partial charge in [-0.3, -0.25) is 19.2 Å². The van der Waals surface area contributed by atoms with E-state index in [1.54, 1.807) is 33.8 Å². The van der Waals surface area contributed by atoms with Crippen LogP contribution in [0.5, 0.6) is 5.75 Å². The first-order chi connectivity index (χ1) is 23.3. The summed E-state index contributed by atoms with van der Waals surface area (Å²) in [5.74, 6) is -6.54. The summed E-state index contributed by atoms with van der Waals surface area (Å²) in [5, 5.41) is 47.8. The number of aliphatic hydroxyl groups is 3. The normalized spacial score (nSPS) is 26.2. The maximum absolute atomic E-state index is 14.7. The van der Waals surface area contributed by atoms with E-state index in [-0.39, 0.29) is 67.5 Å². The van der Waals surface area contributed by atoms with Gasteiger partial charge in [0, 0.05) is 41.4 Å². The molecule has 4 atom stereocenters. The van der Waals surface area contributed by atoms with Gasteiger partial charge in [-0.2, -0.15) is 0 Å². The van der Waals surface area contributed by atoms with Crippen molar-refractivity contribution in [1.82, 2.24) is 4.90 Å². The highest BCUT2D eigenvalue weighted by atomic mass is 16.6. The number of esters is 1. The van der Waals surface area contributed by atoms with Gasteiger partial charge in [0.25, 0.3) is 0 Å². The van der Waals surface area contributed by atoms with Gasteiger partial charge in [0.05, 0.1) is 12.1 Å². The lowest BCUT2D eigenvalue weighted by molar-refractivity contribution is -0.178. The molecule has 1 amide bonds. The molecule has 3 aliphatic carbocycles. The smallest absolute Gasteiger partial charge is 0.410 e. The van der Waals surface area contributed by atoms with Crippen LogP contribution in [0.1, 0.15) is 111 Å². The molecule has 1 saturated carbocycles. The van der Waals surface area contributed by atoms with Crippen LogP contribution in [-0.2, 0) is 41.6 Å². The standard InChI is InChI=1S/C39H53NO11/c1-19(2)24-14-23(16-40(18-36(7,8)9)35(48)51-13-12-50-22(6)42)30(43)27-25(24)15-37(10)17-38(11)28(20(3)4)31(44)26(21(5)41)33(46)39(38,49)34(47)29(37)32(27)45/h14,19-20,28,43,45-46,49H,12-13,15-18H2,1-11H3/t28?,37-,38-,39+/m1/s1. The van der Waals surface area contributed by atoms with Crippen molar-refractivity contribution in [2.24, 2.45) is 28.1 Å². The Labute approximate surface area is 299 Å². The number of allylic oxidation sites excluding steroid dienone is 1. The number of aliphatic hydroxyl groups excluding tert-OH is 2. The van der Waals surface area contributed by atoms with Gasteiger partial charge in [0.15, 0.2) is 17.2 Å². The Balaban J connectivity index is 1.93. The number of hydrogen-bond acceptors (Lipinski definition) is 11. The fourth-order valence-corrected chi connectivity index (χ4v) is 8.88. The monoisotopic (exact) mass is 711 g/mol. The molecule has 0 radical (unpaired) electrons. The summed E-state index contributed by atoms with van der Waals surface area (Å²) >= 11 is 0. The average molecular weight is 712 g/mol. The summed E-state index contributed by atoms with van der Waals surface area (Å²) in [5.41, 5.74) is -5.10. The number of nitrogens with zero attached hydrogens (tertiary/aromatic N) is 1. The lowest BCUT2D eigenvalue weighted by atomic mass is 9.43. The molecule has 280 valence electrons. The fourth-order valence-electron chi connectivity index (χ4n) is 8.88. The SMILES string of the molecule is CC(=O)OCCOC(=O)N(Cc1cc(C(C)C)c2c(c1O)C(O)=C1C(=O)[C@@]3(O)C(O)=C(C(C)=O)C(=O)C(C(C)C)[C@@]3(C)C[C@@]1(C)C2)CC(C)(C)C. The fraction of sp³-hybridized carbons (Fsp3) is 0.615. The van der Waals surface area contributed by atoms with Gasteiger partial charge in [-0.05, 0) is 54.2 Å². The van der Waals surface area contributed by atoms with Crippen LogP contribution in [0.25, 0.3) is 5.76 Å². The molecule has 1 unspecified atom stereocenters. The van der Waals surface area contributed by atoms with Crippen molar-refractivity contribution >= 4 is 35.2 Å². The zero-order valence-corrected chi connectivity index (χ0v) is 31.6. The highest BCUT2D eigenvalue weighted by Gasteiger charge is 2.72. The van der Waals surface area contributed by atoms with Crippen LogP contribution in [0.4, 0.5) is 4.79 Å². The van der Waals surface area contributed by atoms with Gasteiger partial charge in [-0.15, -0.1) is 0 Å². The van der Waals surface area contributed by atoms with Crippen LogP contribution < -0.4 is 0 Å². The van der Waals surface area contributed by atoms with E-state index in [1.165, 1.54) is 11.8 Å². The van der Waals surface area contributed by atoms with E-state index < -0.39 is 80.2 Å². The van der Waals surface area contributed by atoms with Gasteiger partial charge in [0.1, 0.15) is 36.1 Å². The molecule has 1 aromatic rings. The number of benzene rings is 1. The van der Waals surface area contributed by atoms with Crippen molar-refractivity contribution in [2.75, 3.05) is 19.8 Å². The Morgan fingerprint density at radius 2 is 1.59 bits per heavy atom. The van der Waals surface area contributed by atoms with E-state index in [0.717, 1.165) is 12.5 Å². The number of amides is 1. The third-order valence-corrected chi connectivity index (χ3v) is 10.6. The van der Waals surface area contributed by atoms with Gasteiger partial charge >= 0.3 is 12.1 Å². The number of carbonyl (C=O) groups excluding carboxylic acids is 5. The lowest BCUT2D eigenvalue weighted by Crippen LogP contribution is -2.69. The molecule has 0 bridgehead atoms. The van der Waals surface area contributed by atoms with Gasteiger partial charge in [-0.25, -0.2) is 4.79 Å². The Morgan fingerprint density at radius 1 is 1.00 bits per heavy atom. The highest BCUT2D eigenvalue weighted by Crippen LogP contribution is 2.65. The maximum Gasteiger partial charge on any atom is 0.410 e. The van der Waals surface area contributed by atoms with E-state index in [4.69, 9.17) is 9.47 Å². The quantitative estimate of drug-likeness (QED) is 0.136. The number of phenols is 1. The number of ketones is 3. The predicted molar refractivity (Wildman–Crippen MR) is 188 cm³/mol.